The van der Waals surface area contributed by atoms with Crippen molar-refractivity contribution in [2.75, 3.05) is 61.7 Å². The van der Waals surface area contributed by atoms with Crippen LogP contribution in [0.3, 0.4) is 0 Å². The molecule has 0 bridgehead atoms. The average Bonchev–Trinajstić information content (AvgIpc) is 2.79. The molecule has 2 aliphatic rings. The van der Waals surface area contributed by atoms with Crippen molar-refractivity contribution in [1.82, 2.24) is 19.9 Å². The molecule has 0 saturated carbocycles. The number of hydrogen-bond donors (Lipinski definition) is 2. The van der Waals surface area contributed by atoms with Crippen molar-refractivity contribution in [2.45, 2.75) is 25.4 Å². The number of alkyl halides is 2. The minimum Gasteiger partial charge on any atom is -0.394 e. The first kappa shape index (κ1) is 21.5. The highest BCUT2D eigenvalue weighted by Crippen LogP contribution is 2.32. The largest absolute Gasteiger partial charge is 0.394 e. The van der Waals surface area contributed by atoms with Crippen LogP contribution in [0.25, 0.3) is 11.4 Å². The van der Waals surface area contributed by atoms with Gasteiger partial charge < -0.3 is 30.1 Å². The van der Waals surface area contributed by atoms with Crippen LogP contribution in [0.5, 0.6) is 0 Å². The van der Waals surface area contributed by atoms with Crippen LogP contribution in [-0.4, -0.2) is 83.3 Å². The van der Waals surface area contributed by atoms with Crippen LogP contribution in [0.4, 0.5) is 26.5 Å². The molecule has 2 fully saturated rings. The summed E-state index contributed by atoms with van der Waals surface area (Å²) in [4.78, 5) is 21.4. The van der Waals surface area contributed by atoms with E-state index in [4.69, 9.17) is 15.2 Å². The SMILES string of the molecule is C[C@@H]1COCCN1c1nc(-c2cnc(N)cc2C(F)F)nc(N2CCOC[C@H]2CO)n1. The highest BCUT2D eigenvalue weighted by atomic mass is 19.3. The molecule has 3 N–H and O–H groups in total. The van der Waals surface area contributed by atoms with E-state index in [1.54, 1.807) is 0 Å². The molecule has 0 aromatic carbocycles. The molecule has 31 heavy (non-hydrogen) atoms. The summed E-state index contributed by atoms with van der Waals surface area (Å²) >= 11 is 0. The number of anilines is 3. The number of nitrogens with two attached hydrogens (primary N) is 1. The zero-order valence-corrected chi connectivity index (χ0v) is 17.1. The van der Waals surface area contributed by atoms with E-state index in [9.17, 15) is 13.9 Å². The van der Waals surface area contributed by atoms with Gasteiger partial charge in [0.1, 0.15) is 5.82 Å². The normalized spacial score (nSPS) is 22.2. The molecule has 168 valence electrons. The van der Waals surface area contributed by atoms with E-state index in [0.29, 0.717) is 45.5 Å². The first-order valence-corrected chi connectivity index (χ1v) is 10.1. The predicted octanol–water partition coefficient (Wildman–Crippen LogP) is 0.876. The molecule has 2 atom stereocenters. The van der Waals surface area contributed by atoms with Crippen molar-refractivity contribution in [1.29, 1.82) is 0 Å². The lowest BCUT2D eigenvalue weighted by Crippen LogP contribution is -2.49. The van der Waals surface area contributed by atoms with Crippen molar-refractivity contribution >= 4 is 17.7 Å². The Hall–Kier alpha value is -2.70. The summed E-state index contributed by atoms with van der Waals surface area (Å²) in [6, 6.07) is 0.776. The van der Waals surface area contributed by atoms with Gasteiger partial charge in [0.2, 0.25) is 11.9 Å². The fourth-order valence-corrected chi connectivity index (χ4v) is 3.68. The Balaban J connectivity index is 1.84. The molecule has 12 heteroatoms. The summed E-state index contributed by atoms with van der Waals surface area (Å²) in [5.41, 5.74) is 5.41. The van der Waals surface area contributed by atoms with Gasteiger partial charge >= 0.3 is 0 Å². The van der Waals surface area contributed by atoms with Gasteiger partial charge in [-0.3, -0.25) is 0 Å². The maximum Gasteiger partial charge on any atom is 0.264 e. The van der Waals surface area contributed by atoms with Crippen LogP contribution < -0.4 is 15.5 Å². The van der Waals surface area contributed by atoms with E-state index in [1.807, 2.05) is 16.7 Å². The van der Waals surface area contributed by atoms with Gasteiger partial charge in [-0.25, -0.2) is 13.8 Å². The van der Waals surface area contributed by atoms with Gasteiger partial charge in [0.05, 0.1) is 45.1 Å². The van der Waals surface area contributed by atoms with Crippen molar-refractivity contribution in [3.63, 3.8) is 0 Å². The average molecular weight is 437 g/mol. The lowest BCUT2D eigenvalue weighted by Gasteiger charge is -2.36. The zero-order valence-electron chi connectivity index (χ0n) is 17.1. The summed E-state index contributed by atoms with van der Waals surface area (Å²) in [5.74, 6) is 0.711. The highest BCUT2D eigenvalue weighted by Gasteiger charge is 2.29. The molecule has 0 radical (unpaired) electrons. The summed E-state index contributed by atoms with van der Waals surface area (Å²) in [7, 11) is 0. The molecule has 2 aromatic heterocycles. The Morgan fingerprint density at radius 1 is 1.13 bits per heavy atom. The van der Waals surface area contributed by atoms with Crippen molar-refractivity contribution in [3.05, 3.63) is 17.8 Å². The van der Waals surface area contributed by atoms with Crippen LogP contribution in [0.1, 0.15) is 18.9 Å². The van der Waals surface area contributed by atoms with Gasteiger partial charge in [0.25, 0.3) is 6.43 Å². The summed E-state index contributed by atoms with van der Waals surface area (Å²) < 4.78 is 38.4. The molecular formula is C19H25F2N7O3. The Morgan fingerprint density at radius 2 is 1.81 bits per heavy atom. The van der Waals surface area contributed by atoms with E-state index < -0.39 is 6.43 Å². The molecule has 4 rings (SSSR count). The topological polar surface area (TPSA) is 123 Å². The summed E-state index contributed by atoms with van der Waals surface area (Å²) in [6.45, 7) is 4.58. The number of hydrogen-bond acceptors (Lipinski definition) is 10. The Bertz CT molecular complexity index is 920. The number of nitrogen functional groups attached to an aromatic ring is 1. The van der Waals surface area contributed by atoms with Crippen LogP contribution in [0, 0.1) is 0 Å². The van der Waals surface area contributed by atoms with E-state index in [0.717, 1.165) is 6.07 Å². The number of nitrogens with zero attached hydrogens (tertiary/aromatic N) is 6. The molecule has 4 heterocycles. The number of rotatable bonds is 5. The van der Waals surface area contributed by atoms with Gasteiger partial charge in [-0.2, -0.15) is 15.0 Å². The second-order valence-electron chi connectivity index (χ2n) is 7.48. The van der Waals surface area contributed by atoms with E-state index in [1.165, 1.54) is 6.20 Å². The number of aromatic nitrogens is 4. The molecule has 2 saturated heterocycles. The van der Waals surface area contributed by atoms with E-state index >= 15 is 0 Å². The van der Waals surface area contributed by atoms with Gasteiger partial charge in [0, 0.05) is 30.4 Å². The van der Waals surface area contributed by atoms with Crippen molar-refractivity contribution in [3.8, 4) is 11.4 Å². The monoisotopic (exact) mass is 437 g/mol. The van der Waals surface area contributed by atoms with Gasteiger partial charge in [-0.15, -0.1) is 0 Å². The van der Waals surface area contributed by atoms with Gasteiger partial charge in [0.15, 0.2) is 5.82 Å². The summed E-state index contributed by atoms with van der Waals surface area (Å²) in [6.07, 6.45) is -1.52. The first-order valence-electron chi connectivity index (χ1n) is 10.1. The number of aliphatic hydroxyl groups excluding tert-OH is 1. The molecule has 0 amide bonds. The van der Waals surface area contributed by atoms with Crippen LogP contribution in [0.2, 0.25) is 0 Å². The Labute approximate surface area is 178 Å². The second kappa shape index (κ2) is 9.20. The smallest absolute Gasteiger partial charge is 0.264 e. The van der Waals surface area contributed by atoms with Crippen LogP contribution >= 0.6 is 0 Å². The fourth-order valence-electron chi connectivity index (χ4n) is 3.68. The Kier molecular flexibility index (Phi) is 6.39. The third kappa shape index (κ3) is 4.50. The molecule has 0 unspecified atom stereocenters. The van der Waals surface area contributed by atoms with Crippen molar-refractivity contribution in [2.24, 2.45) is 0 Å². The molecule has 2 aliphatic heterocycles. The minimum atomic E-state index is -2.78. The number of aliphatic hydroxyl groups is 1. The quantitative estimate of drug-likeness (QED) is 0.697. The second-order valence-corrected chi connectivity index (χ2v) is 7.48. The maximum atomic E-state index is 13.7. The maximum absolute atomic E-state index is 13.7. The van der Waals surface area contributed by atoms with Gasteiger partial charge in [-0.05, 0) is 13.0 Å². The molecular weight excluding hydrogens is 412 g/mol. The van der Waals surface area contributed by atoms with E-state index in [-0.39, 0.29) is 47.4 Å². The molecule has 0 aliphatic carbocycles. The number of halogens is 2. The molecule has 10 nitrogen and oxygen atoms in total. The lowest BCUT2D eigenvalue weighted by molar-refractivity contribution is 0.0717. The number of ether oxygens (including phenoxy) is 2. The summed E-state index contributed by atoms with van der Waals surface area (Å²) in [5, 5.41) is 9.77. The first-order chi connectivity index (χ1) is 15.0. The third-order valence-electron chi connectivity index (χ3n) is 5.36. The predicted molar refractivity (Wildman–Crippen MR) is 109 cm³/mol. The molecule has 2 aromatic rings. The van der Waals surface area contributed by atoms with Crippen LogP contribution in [-0.2, 0) is 9.47 Å². The number of pyridine rings is 1. The minimum absolute atomic E-state index is 0.00529. The van der Waals surface area contributed by atoms with Crippen LogP contribution in [0.15, 0.2) is 12.3 Å². The standard InChI is InChI=1S/C19H25F2N7O3/c1-11-9-30-4-2-27(11)18-24-17(14-7-23-15(22)6-13(14)16(20)21)25-19(26-18)28-3-5-31-10-12(28)8-29/h6-7,11-12,16,29H,2-5,8-10H2,1H3,(H2,22,23)/t11-,12-/m1/s1. The molecule has 0 spiro atoms. The Morgan fingerprint density at radius 3 is 2.48 bits per heavy atom. The number of morpholine rings is 2. The third-order valence-corrected chi connectivity index (χ3v) is 5.36. The fraction of sp³-hybridized carbons (Fsp3) is 0.579. The van der Waals surface area contributed by atoms with E-state index in [2.05, 4.69) is 19.9 Å². The highest BCUT2D eigenvalue weighted by molar-refractivity contribution is 5.64. The van der Waals surface area contributed by atoms with Crippen molar-refractivity contribution < 1.29 is 23.4 Å². The zero-order chi connectivity index (χ0) is 22.0. The van der Waals surface area contributed by atoms with Gasteiger partial charge in [-0.1, -0.05) is 0 Å². The lowest BCUT2D eigenvalue weighted by atomic mass is 10.1.